The lowest BCUT2D eigenvalue weighted by molar-refractivity contribution is 0.0697. The van der Waals surface area contributed by atoms with Gasteiger partial charge in [0, 0.05) is 36.4 Å². The summed E-state index contributed by atoms with van der Waals surface area (Å²) in [4.78, 5) is 17.8. The number of anilines is 2. The Labute approximate surface area is 175 Å². The van der Waals surface area contributed by atoms with E-state index in [0.29, 0.717) is 30.6 Å². The normalized spacial score (nSPS) is 13.0. The van der Waals surface area contributed by atoms with Gasteiger partial charge in [-0.2, -0.15) is 0 Å². The first-order valence-corrected chi connectivity index (χ1v) is 9.94. The predicted octanol–water partition coefficient (Wildman–Crippen LogP) is 4.92. The summed E-state index contributed by atoms with van der Waals surface area (Å²) in [6.45, 7) is 1.21. The number of aromatic nitrogens is 1. The SMILES string of the molecule is COc1ccc(N(Cc2cccnc2)c2cccc(C(=O)O)c2)cc1OCC1CC1. The van der Waals surface area contributed by atoms with E-state index < -0.39 is 5.97 Å². The minimum absolute atomic E-state index is 0.238. The highest BCUT2D eigenvalue weighted by Gasteiger charge is 2.23. The van der Waals surface area contributed by atoms with Gasteiger partial charge < -0.3 is 19.5 Å². The van der Waals surface area contributed by atoms with Gasteiger partial charge in [0.2, 0.25) is 0 Å². The van der Waals surface area contributed by atoms with Crippen LogP contribution in [0.1, 0.15) is 28.8 Å². The van der Waals surface area contributed by atoms with Crippen LogP contribution in [0.15, 0.2) is 67.0 Å². The van der Waals surface area contributed by atoms with Crippen molar-refractivity contribution < 1.29 is 19.4 Å². The molecular weight excluding hydrogens is 380 g/mol. The van der Waals surface area contributed by atoms with Crippen LogP contribution in [0.2, 0.25) is 0 Å². The van der Waals surface area contributed by atoms with E-state index in [4.69, 9.17) is 9.47 Å². The molecule has 1 fully saturated rings. The first kappa shape index (κ1) is 19.8. The van der Waals surface area contributed by atoms with Crippen molar-refractivity contribution >= 4 is 17.3 Å². The highest BCUT2D eigenvalue weighted by molar-refractivity contribution is 5.89. The highest BCUT2D eigenvalue weighted by atomic mass is 16.5. The van der Waals surface area contributed by atoms with Crippen molar-refractivity contribution in [3.63, 3.8) is 0 Å². The maximum absolute atomic E-state index is 11.5. The van der Waals surface area contributed by atoms with Crippen LogP contribution in [0, 0.1) is 5.92 Å². The van der Waals surface area contributed by atoms with Crippen LogP contribution in [0.3, 0.4) is 0 Å². The van der Waals surface area contributed by atoms with Crippen LogP contribution in [0.25, 0.3) is 0 Å². The van der Waals surface area contributed by atoms with Crippen LogP contribution in [-0.2, 0) is 6.54 Å². The smallest absolute Gasteiger partial charge is 0.335 e. The third kappa shape index (κ3) is 4.71. The molecule has 2 aromatic carbocycles. The Kier molecular flexibility index (Phi) is 5.84. The molecule has 1 aliphatic carbocycles. The number of carboxylic acid groups (broad SMARTS) is 1. The molecule has 30 heavy (non-hydrogen) atoms. The number of carbonyl (C=O) groups is 1. The number of carboxylic acids is 1. The van der Waals surface area contributed by atoms with Gasteiger partial charge in [-0.15, -0.1) is 0 Å². The molecule has 0 atom stereocenters. The third-order valence-corrected chi connectivity index (χ3v) is 5.10. The van der Waals surface area contributed by atoms with Gasteiger partial charge in [-0.25, -0.2) is 4.79 Å². The maximum Gasteiger partial charge on any atom is 0.335 e. The first-order chi connectivity index (χ1) is 14.6. The van der Waals surface area contributed by atoms with E-state index in [2.05, 4.69) is 4.98 Å². The van der Waals surface area contributed by atoms with E-state index in [9.17, 15) is 9.90 Å². The molecular formula is C24H24N2O4. The molecule has 1 aliphatic rings. The monoisotopic (exact) mass is 404 g/mol. The van der Waals surface area contributed by atoms with Crippen LogP contribution in [0.4, 0.5) is 11.4 Å². The summed E-state index contributed by atoms with van der Waals surface area (Å²) < 4.78 is 11.5. The zero-order chi connectivity index (χ0) is 20.9. The number of hydrogen-bond donors (Lipinski definition) is 1. The number of ether oxygens (including phenoxy) is 2. The molecule has 0 bridgehead atoms. The number of methoxy groups -OCH3 is 1. The second-order valence-corrected chi connectivity index (χ2v) is 7.39. The Bertz CT molecular complexity index is 1020. The molecule has 6 heteroatoms. The molecule has 1 heterocycles. The fourth-order valence-electron chi connectivity index (χ4n) is 3.25. The van der Waals surface area contributed by atoms with Gasteiger partial charge in [0.05, 0.1) is 19.3 Å². The van der Waals surface area contributed by atoms with Crippen molar-refractivity contribution in [1.29, 1.82) is 0 Å². The van der Waals surface area contributed by atoms with Gasteiger partial charge in [-0.1, -0.05) is 12.1 Å². The van der Waals surface area contributed by atoms with E-state index >= 15 is 0 Å². The molecule has 1 aromatic heterocycles. The second kappa shape index (κ2) is 8.86. The summed E-state index contributed by atoms with van der Waals surface area (Å²) in [6.07, 6.45) is 5.95. The maximum atomic E-state index is 11.5. The van der Waals surface area contributed by atoms with E-state index in [0.717, 1.165) is 16.9 Å². The van der Waals surface area contributed by atoms with Gasteiger partial charge in [0.1, 0.15) is 0 Å². The molecule has 3 aromatic rings. The van der Waals surface area contributed by atoms with Gasteiger partial charge in [-0.3, -0.25) is 4.98 Å². The lowest BCUT2D eigenvalue weighted by Crippen LogP contribution is -2.17. The number of rotatable bonds is 9. The van der Waals surface area contributed by atoms with E-state index in [-0.39, 0.29) is 5.56 Å². The molecule has 0 aliphatic heterocycles. The lowest BCUT2D eigenvalue weighted by atomic mass is 10.1. The van der Waals surface area contributed by atoms with Crippen molar-refractivity contribution in [2.75, 3.05) is 18.6 Å². The third-order valence-electron chi connectivity index (χ3n) is 5.10. The van der Waals surface area contributed by atoms with Gasteiger partial charge in [0.15, 0.2) is 11.5 Å². The molecule has 1 N–H and O–H groups in total. The largest absolute Gasteiger partial charge is 0.493 e. The first-order valence-electron chi connectivity index (χ1n) is 9.94. The van der Waals surface area contributed by atoms with E-state index in [1.54, 1.807) is 31.5 Å². The quantitative estimate of drug-likeness (QED) is 0.546. The summed E-state index contributed by atoms with van der Waals surface area (Å²) in [5, 5.41) is 9.43. The van der Waals surface area contributed by atoms with Crippen molar-refractivity contribution in [3.05, 3.63) is 78.1 Å². The average molecular weight is 404 g/mol. The van der Waals surface area contributed by atoms with Crippen molar-refractivity contribution in [1.82, 2.24) is 4.98 Å². The Morgan fingerprint density at radius 1 is 1.10 bits per heavy atom. The van der Waals surface area contributed by atoms with Crippen molar-refractivity contribution in [2.45, 2.75) is 19.4 Å². The van der Waals surface area contributed by atoms with Gasteiger partial charge >= 0.3 is 5.97 Å². The van der Waals surface area contributed by atoms with E-state index in [1.807, 2.05) is 47.5 Å². The molecule has 6 nitrogen and oxygen atoms in total. The second-order valence-electron chi connectivity index (χ2n) is 7.39. The molecule has 0 amide bonds. The number of hydrogen-bond acceptors (Lipinski definition) is 5. The summed E-state index contributed by atoms with van der Waals surface area (Å²) >= 11 is 0. The molecule has 4 rings (SSSR count). The van der Waals surface area contributed by atoms with Crippen LogP contribution < -0.4 is 14.4 Å². The van der Waals surface area contributed by atoms with Crippen LogP contribution >= 0.6 is 0 Å². The summed E-state index contributed by atoms with van der Waals surface area (Å²) in [7, 11) is 1.63. The average Bonchev–Trinajstić information content (AvgIpc) is 3.61. The predicted molar refractivity (Wildman–Crippen MR) is 115 cm³/mol. The Morgan fingerprint density at radius 2 is 1.93 bits per heavy atom. The lowest BCUT2D eigenvalue weighted by Gasteiger charge is -2.26. The number of benzene rings is 2. The van der Waals surface area contributed by atoms with Crippen LogP contribution in [-0.4, -0.2) is 29.8 Å². The highest BCUT2D eigenvalue weighted by Crippen LogP contribution is 2.37. The standard InChI is InChI=1S/C24H24N2O4/c1-29-22-10-9-21(13-23(22)30-16-17-7-8-17)26(15-18-4-3-11-25-14-18)20-6-2-5-19(12-20)24(27)28/h2-6,9-14,17H,7-8,15-16H2,1H3,(H,27,28). The van der Waals surface area contributed by atoms with Crippen molar-refractivity contribution in [3.8, 4) is 11.5 Å². The van der Waals surface area contributed by atoms with Gasteiger partial charge in [-0.05, 0) is 60.7 Å². The molecule has 0 unspecified atom stereocenters. The molecule has 0 saturated heterocycles. The molecule has 0 radical (unpaired) electrons. The fraction of sp³-hybridized carbons (Fsp3) is 0.250. The van der Waals surface area contributed by atoms with Crippen molar-refractivity contribution in [2.24, 2.45) is 5.92 Å². The summed E-state index contributed by atoms with van der Waals surface area (Å²) in [6, 6.07) is 16.6. The molecule has 1 saturated carbocycles. The number of pyridine rings is 1. The Morgan fingerprint density at radius 3 is 2.63 bits per heavy atom. The Balaban J connectivity index is 1.72. The van der Waals surface area contributed by atoms with Crippen LogP contribution in [0.5, 0.6) is 11.5 Å². The van der Waals surface area contributed by atoms with Gasteiger partial charge in [0.25, 0.3) is 0 Å². The topological polar surface area (TPSA) is 71.9 Å². The zero-order valence-electron chi connectivity index (χ0n) is 16.8. The van der Waals surface area contributed by atoms with E-state index in [1.165, 1.54) is 12.8 Å². The molecule has 154 valence electrons. The summed E-state index contributed by atoms with van der Waals surface area (Å²) in [5.74, 6) is 1.03. The Hall–Kier alpha value is -3.54. The zero-order valence-corrected chi connectivity index (χ0v) is 16.8. The fourth-order valence-corrected chi connectivity index (χ4v) is 3.25. The molecule has 0 spiro atoms. The minimum atomic E-state index is -0.957. The number of nitrogens with zero attached hydrogens (tertiary/aromatic N) is 2. The summed E-state index contributed by atoms with van der Waals surface area (Å²) in [5.41, 5.74) is 2.90. The minimum Gasteiger partial charge on any atom is -0.493 e. The number of aromatic carboxylic acids is 1.